The van der Waals surface area contributed by atoms with Crippen LogP contribution in [0.2, 0.25) is 0 Å². The van der Waals surface area contributed by atoms with Gasteiger partial charge in [-0.05, 0) is 38.1 Å². The van der Waals surface area contributed by atoms with E-state index in [1.807, 2.05) is 39.2 Å². The summed E-state index contributed by atoms with van der Waals surface area (Å²) in [4.78, 5) is 13.8. The molecule has 0 bridgehead atoms. The standard InChI is InChI=1S/C16H27N3O2/c1-4-15(20)9-10-17-16(21)18-11-13-7-5-6-8-14(13)12-19(2)3/h5-8,15,20H,4,9-12H2,1-3H3,(H2,17,18,21). The predicted molar refractivity (Wildman–Crippen MR) is 85.0 cm³/mol. The van der Waals surface area contributed by atoms with Gasteiger partial charge in [0, 0.05) is 19.6 Å². The Morgan fingerprint density at radius 1 is 1.24 bits per heavy atom. The van der Waals surface area contributed by atoms with Crippen molar-refractivity contribution in [2.24, 2.45) is 0 Å². The highest BCUT2D eigenvalue weighted by atomic mass is 16.3. The molecule has 1 aromatic rings. The number of rotatable bonds is 8. The van der Waals surface area contributed by atoms with Crippen molar-refractivity contribution in [1.82, 2.24) is 15.5 Å². The molecule has 0 saturated heterocycles. The van der Waals surface area contributed by atoms with Crippen molar-refractivity contribution in [3.05, 3.63) is 35.4 Å². The van der Waals surface area contributed by atoms with Gasteiger partial charge in [0.1, 0.15) is 0 Å². The number of carbonyl (C=O) groups excluding carboxylic acids is 1. The summed E-state index contributed by atoms with van der Waals surface area (Å²) in [5.41, 5.74) is 2.33. The lowest BCUT2D eigenvalue weighted by Gasteiger charge is -2.15. The van der Waals surface area contributed by atoms with Gasteiger partial charge in [0.2, 0.25) is 0 Å². The molecule has 0 aliphatic heterocycles. The van der Waals surface area contributed by atoms with E-state index in [9.17, 15) is 9.90 Å². The van der Waals surface area contributed by atoms with Crippen molar-refractivity contribution in [2.75, 3.05) is 20.6 Å². The van der Waals surface area contributed by atoms with E-state index < -0.39 is 0 Å². The number of aliphatic hydroxyl groups excluding tert-OH is 1. The van der Waals surface area contributed by atoms with Crippen LogP contribution in [0.3, 0.4) is 0 Å². The number of benzene rings is 1. The number of nitrogens with zero attached hydrogens (tertiary/aromatic N) is 1. The van der Waals surface area contributed by atoms with Gasteiger partial charge >= 0.3 is 6.03 Å². The van der Waals surface area contributed by atoms with Gasteiger partial charge in [0.05, 0.1) is 6.10 Å². The molecular weight excluding hydrogens is 266 g/mol. The van der Waals surface area contributed by atoms with Gasteiger partial charge in [0.15, 0.2) is 0 Å². The summed E-state index contributed by atoms with van der Waals surface area (Å²) < 4.78 is 0. The quantitative estimate of drug-likeness (QED) is 0.683. The molecule has 5 nitrogen and oxygen atoms in total. The first-order valence-electron chi connectivity index (χ1n) is 7.44. The van der Waals surface area contributed by atoms with E-state index in [0.717, 1.165) is 12.1 Å². The van der Waals surface area contributed by atoms with Crippen molar-refractivity contribution in [1.29, 1.82) is 0 Å². The predicted octanol–water partition coefficient (Wildman–Crippen LogP) is 1.71. The summed E-state index contributed by atoms with van der Waals surface area (Å²) in [6, 6.07) is 7.89. The number of hydrogen-bond acceptors (Lipinski definition) is 3. The van der Waals surface area contributed by atoms with Crippen molar-refractivity contribution < 1.29 is 9.90 Å². The Bertz CT molecular complexity index is 435. The van der Waals surface area contributed by atoms with Crippen LogP contribution in [0.4, 0.5) is 4.79 Å². The average Bonchev–Trinajstić information content (AvgIpc) is 2.45. The summed E-state index contributed by atoms with van der Waals surface area (Å²) in [6.07, 6.45) is 0.952. The maximum absolute atomic E-state index is 11.7. The Morgan fingerprint density at radius 2 is 1.90 bits per heavy atom. The lowest BCUT2D eigenvalue weighted by Crippen LogP contribution is -2.36. The molecule has 0 heterocycles. The van der Waals surface area contributed by atoms with E-state index >= 15 is 0 Å². The van der Waals surface area contributed by atoms with E-state index in [2.05, 4.69) is 21.6 Å². The van der Waals surface area contributed by atoms with Gasteiger partial charge < -0.3 is 20.6 Å². The van der Waals surface area contributed by atoms with Crippen LogP contribution >= 0.6 is 0 Å². The molecular formula is C16H27N3O2. The topological polar surface area (TPSA) is 64.6 Å². The lowest BCUT2D eigenvalue weighted by atomic mass is 10.1. The molecule has 1 rings (SSSR count). The fourth-order valence-electron chi connectivity index (χ4n) is 2.02. The Morgan fingerprint density at radius 3 is 2.52 bits per heavy atom. The van der Waals surface area contributed by atoms with E-state index in [0.29, 0.717) is 25.9 Å². The van der Waals surface area contributed by atoms with Gasteiger partial charge in [-0.25, -0.2) is 4.79 Å². The summed E-state index contributed by atoms with van der Waals surface area (Å²) in [6.45, 7) is 3.76. The van der Waals surface area contributed by atoms with Crippen LogP contribution < -0.4 is 10.6 Å². The van der Waals surface area contributed by atoms with E-state index in [1.54, 1.807) is 0 Å². The zero-order valence-corrected chi connectivity index (χ0v) is 13.2. The SMILES string of the molecule is CCC(O)CCNC(=O)NCc1ccccc1CN(C)C. The molecule has 0 spiro atoms. The van der Waals surface area contributed by atoms with Crippen molar-refractivity contribution in [3.63, 3.8) is 0 Å². The fourth-order valence-corrected chi connectivity index (χ4v) is 2.02. The van der Waals surface area contributed by atoms with Crippen LogP contribution in [0.15, 0.2) is 24.3 Å². The van der Waals surface area contributed by atoms with Crippen LogP contribution in [-0.2, 0) is 13.1 Å². The molecule has 118 valence electrons. The monoisotopic (exact) mass is 293 g/mol. The number of amides is 2. The highest BCUT2D eigenvalue weighted by molar-refractivity contribution is 5.73. The Kier molecular flexibility index (Phi) is 7.79. The Hall–Kier alpha value is -1.59. The molecule has 21 heavy (non-hydrogen) atoms. The van der Waals surface area contributed by atoms with Crippen LogP contribution in [0.5, 0.6) is 0 Å². The van der Waals surface area contributed by atoms with Crippen LogP contribution in [-0.4, -0.2) is 42.8 Å². The minimum Gasteiger partial charge on any atom is -0.393 e. The molecule has 5 heteroatoms. The number of hydrogen-bond donors (Lipinski definition) is 3. The molecule has 0 aliphatic rings. The van der Waals surface area contributed by atoms with Gasteiger partial charge in [-0.3, -0.25) is 0 Å². The molecule has 1 aromatic carbocycles. The summed E-state index contributed by atoms with van der Waals surface area (Å²) in [5.74, 6) is 0. The first-order chi connectivity index (χ1) is 10.0. The van der Waals surface area contributed by atoms with Crippen LogP contribution in [0.1, 0.15) is 30.9 Å². The fraction of sp³-hybridized carbons (Fsp3) is 0.562. The van der Waals surface area contributed by atoms with Gasteiger partial charge in [-0.2, -0.15) is 0 Å². The molecule has 2 amide bonds. The average molecular weight is 293 g/mol. The second-order valence-electron chi connectivity index (χ2n) is 5.47. The minimum atomic E-state index is -0.342. The highest BCUT2D eigenvalue weighted by Gasteiger charge is 2.06. The first-order valence-corrected chi connectivity index (χ1v) is 7.44. The first kappa shape index (κ1) is 17.5. The Labute approximate surface area is 127 Å². The second-order valence-corrected chi connectivity index (χ2v) is 5.47. The van der Waals surface area contributed by atoms with Crippen LogP contribution in [0, 0.1) is 0 Å². The van der Waals surface area contributed by atoms with Crippen molar-refractivity contribution >= 4 is 6.03 Å². The molecule has 0 saturated carbocycles. The molecule has 1 unspecified atom stereocenters. The molecule has 0 aromatic heterocycles. The zero-order chi connectivity index (χ0) is 15.7. The van der Waals surface area contributed by atoms with Crippen molar-refractivity contribution in [3.8, 4) is 0 Å². The van der Waals surface area contributed by atoms with E-state index in [4.69, 9.17) is 0 Å². The third-order valence-corrected chi connectivity index (χ3v) is 3.28. The number of carbonyl (C=O) groups is 1. The number of nitrogens with one attached hydrogen (secondary N) is 2. The minimum absolute atomic E-state index is 0.196. The number of aliphatic hydroxyl groups is 1. The summed E-state index contributed by atoms with van der Waals surface area (Å²) >= 11 is 0. The lowest BCUT2D eigenvalue weighted by molar-refractivity contribution is 0.160. The third kappa shape index (κ3) is 7.11. The maximum atomic E-state index is 11.7. The summed E-state index contributed by atoms with van der Waals surface area (Å²) in [5, 5.41) is 15.0. The molecule has 0 aliphatic carbocycles. The number of urea groups is 1. The van der Waals surface area contributed by atoms with Crippen molar-refractivity contribution in [2.45, 2.75) is 39.0 Å². The molecule has 0 radical (unpaired) electrons. The molecule has 0 fully saturated rings. The Balaban J connectivity index is 2.39. The second kappa shape index (κ2) is 9.37. The smallest absolute Gasteiger partial charge is 0.315 e. The van der Waals surface area contributed by atoms with Gasteiger partial charge in [0.25, 0.3) is 0 Å². The van der Waals surface area contributed by atoms with Gasteiger partial charge in [-0.1, -0.05) is 31.2 Å². The zero-order valence-electron chi connectivity index (χ0n) is 13.2. The molecule has 3 N–H and O–H groups in total. The maximum Gasteiger partial charge on any atom is 0.315 e. The van der Waals surface area contributed by atoms with Gasteiger partial charge in [-0.15, -0.1) is 0 Å². The largest absolute Gasteiger partial charge is 0.393 e. The normalized spacial score (nSPS) is 12.2. The highest BCUT2D eigenvalue weighted by Crippen LogP contribution is 2.10. The van der Waals surface area contributed by atoms with E-state index in [1.165, 1.54) is 5.56 Å². The summed E-state index contributed by atoms with van der Waals surface area (Å²) in [7, 11) is 4.05. The van der Waals surface area contributed by atoms with Crippen LogP contribution in [0.25, 0.3) is 0 Å². The van der Waals surface area contributed by atoms with E-state index in [-0.39, 0.29) is 12.1 Å². The molecule has 1 atom stereocenters. The third-order valence-electron chi connectivity index (χ3n) is 3.28.